The molecule has 0 radical (unpaired) electrons. The van der Waals surface area contributed by atoms with Crippen molar-refractivity contribution in [1.82, 2.24) is 5.32 Å². The van der Waals surface area contributed by atoms with Gasteiger partial charge in [0.1, 0.15) is 5.75 Å². The number of carbonyl (C=O) groups excluding carboxylic acids is 2. The molecule has 0 saturated heterocycles. The topological polar surface area (TPSA) is 105 Å². The molecule has 1 aliphatic rings. The number of hydrogen-bond donors (Lipinski definition) is 3. The highest BCUT2D eigenvalue weighted by atomic mass is 16.5. The zero-order valence-corrected chi connectivity index (χ0v) is 13.5. The van der Waals surface area contributed by atoms with Crippen LogP contribution in [0, 0.1) is 0 Å². The molecule has 1 aromatic rings. The minimum Gasteiger partial charge on any atom is -0.482 e. The standard InChI is InChI=1S/C17H22N2O5/c20-15-11-24-14-8-7-12(10-13(14)19-15)17(23)18-9-5-3-1-2-4-6-16(21)22/h7-8,10H,1-6,9,11H2,(H,18,23)(H,19,20)(H,21,22). The minimum atomic E-state index is -0.756. The van der Waals surface area contributed by atoms with Crippen LogP contribution in [0.1, 0.15) is 48.9 Å². The SMILES string of the molecule is O=C(O)CCCCCCCNC(=O)c1ccc2c(c1)NC(=O)CO2. The maximum absolute atomic E-state index is 12.1. The van der Waals surface area contributed by atoms with E-state index in [1.54, 1.807) is 18.2 Å². The van der Waals surface area contributed by atoms with Crippen LogP contribution in [0.25, 0.3) is 0 Å². The van der Waals surface area contributed by atoms with E-state index in [2.05, 4.69) is 10.6 Å². The first kappa shape index (κ1) is 17.8. The molecule has 2 rings (SSSR count). The van der Waals surface area contributed by atoms with E-state index in [0.717, 1.165) is 25.7 Å². The van der Waals surface area contributed by atoms with Gasteiger partial charge in [-0.25, -0.2) is 0 Å². The van der Waals surface area contributed by atoms with Crippen LogP contribution in [0.2, 0.25) is 0 Å². The van der Waals surface area contributed by atoms with E-state index in [9.17, 15) is 14.4 Å². The fourth-order valence-corrected chi connectivity index (χ4v) is 2.46. The van der Waals surface area contributed by atoms with Crippen LogP contribution in [-0.4, -0.2) is 36.0 Å². The number of fused-ring (bicyclic) bond motifs is 1. The van der Waals surface area contributed by atoms with E-state index < -0.39 is 5.97 Å². The number of nitrogens with one attached hydrogen (secondary N) is 2. The molecule has 2 amide bonds. The van der Waals surface area contributed by atoms with Gasteiger partial charge in [0, 0.05) is 18.5 Å². The Morgan fingerprint density at radius 1 is 1.17 bits per heavy atom. The molecule has 0 atom stereocenters. The molecule has 130 valence electrons. The highest BCUT2D eigenvalue weighted by Crippen LogP contribution is 2.28. The summed E-state index contributed by atoms with van der Waals surface area (Å²) in [6.07, 6.45) is 4.58. The van der Waals surface area contributed by atoms with Crippen molar-refractivity contribution in [3.8, 4) is 5.75 Å². The summed E-state index contributed by atoms with van der Waals surface area (Å²) >= 11 is 0. The molecule has 1 aliphatic heterocycles. The third-order valence-corrected chi connectivity index (χ3v) is 3.73. The Bertz CT molecular complexity index is 615. The van der Waals surface area contributed by atoms with Crippen molar-refractivity contribution >= 4 is 23.5 Å². The van der Waals surface area contributed by atoms with Crippen molar-refractivity contribution in [3.05, 3.63) is 23.8 Å². The second kappa shape index (κ2) is 8.90. The number of carbonyl (C=O) groups is 3. The molecule has 3 N–H and O–H groups in total. The van der Waals surface area contributed by atoms with Crippen molar-refractivity contribution < 1.29 is 24.2 Å². The average Bonchev–Trinajstić information content (AvgIpc) is 2.56. The molecular formula is C17H22N2O5. The minimum absolute atomic E-state index is 0.00892. The normalized spacial score (nSPS) is 12.8. The van der Waals surface area contributed by atoms with Crippen LogP contribution < -0.4 is 15.4 Å². The molecule has 24 heavy (non-hydrogen) atoms. The van der Waals surface area contributed by atoms with Crippen LogP contribution in [0.15, 0.2) is 18.2 Å². The van der Waals surface area contributed by atoms with E-state index in [1.165, 1.54) is 0 Å². The Morgan fingerprint density at radius 3 is 2.71 bits per heavy atom. The monoisotopic (exact) mass is 334 g/mol. The summed E-state index contributed by atoms with van der Waals surface area (Å²) in [7, 11) is 0. The molecule has 0 unspecified atom stereocenters. The number of carboxylic acids is 1. The number of carboxylic acid groups (broad SMARTS) is 1. The van der Waals surface area contributed by atoms with Gasteiger partial charge >= 0.3 is 5.97 Å². The van der Waals surface area contributed by atoms with E-state index >= 15 is 0 Å². The maximum Gasteiger partial charge on any atom is 0.303 e. The molecule has 0 fully saturated rings. The summed E-state index contributed by atoms with van der Waals surface area (Å²) in [5, 5.41) is 14.0. The Hall–Kier alpha value is -2.57. The molecule has 0 saturated carbocycles. The van der Waals surface area contributed by atoms with E-state index in [0.29, 0.717) is 30.0 Å². The molecule has 7 heteroatoms. The van der Waals surface area contributed by atoms with Crippen LogP contribution in [-0.2, 0) is 9.59 Å². The van der Waals surface area contributed by atoms with Gasteiger partial charge < -0.3 is 20.5 Å². The maximum atomic E-state index is 12.1. The zero-order chi connectivity index (χ0) is 17.4. The zero-order valence-electron chi connectivity index (χ0n) is 13.5. The lowest BCUT2D eigenvalue weighted by Crippen LogP contribution is -2.27. The van der Waals surface area contributed by atoms with Crippen LogP contribution in [0.4, 0.5) is 5.69 Å². The Morgan fingerprint density at radius 2 is 1.92 bits per heavy atom. The van der Waals surface area contributed by atoms with E-state index in [1.807, 2.05) is 0 Å². The van der Waals surface area contributed by atoms with E-state index in [4.69, 9.17) is 9.84 Å². The highest BCUT2D eigenvalue weighted by Gasteiger charge is 2.17. The van der Waals surface area contributed by atoms with Crippen LogP contribution >= 0.6 is 0 Å². The fraction of sp³-hybridized carbons (Fsp3) is 0.471. The van der Waals surface area contributed by atoms with Crippen LogP contribution in [0.3, 0.4) is 0 Å². The molecule has 0 aromatic heterocycles. The third-order valence-electron chi connectivity index (χ3n) is 3.73. The van der Waals surface area contributed by atoms with Gasteiger partial charge in [0.2, 0.25) is 0 Å². The summed E-state index contributed by atoms with van der Waals surface area (Å²) in [6, 6.07) is 4.94. The van der Waals surface area contributed by atoms with Gasteiger partial charge in [0.05, 0.1) is 5.69 Å². The van der Waals surface area contributed by atoms with Gasteiger partial charge in [-0.15, -0.1) is 0 Å². The third kappa shape index (κ3) is 5.57. The van der Waals surface area contributed by atoms with Gasteiger partial charge in [-0.3, -0.25) is 14.4 Å². The number of hydrogen-bond acceptors (Lipinski definition) is 4. The first-order chi connectivity index (χ1) is 11.6. The molecule has 0 spiro atoms. The Labute approximate surface area is 140 Å². The lowest BCUT2D eigenvalue weighted by Gasteiger charge is -2.18. The van der Waals surface area contributed by atoms with Crippen molar-refractivity contribution in [3.63, 3.8) is 0 Å². The van der Waals surface area contributed by atoms with Crippen molar-refractivity contribution in [1.29, 1.82) is 0 Å². The van der Waals surface area contributed by atoms with Gasteiger partial charge in [-0.05, 0) is 31.0 Å². The summed E-state index contributed by atoms with van der Waals surface area (Å²) in [5.74, 6) is -0.618. The summed E-state index contributed by atoms with van der Waals surface area (Å²) in [6.45, 7) is 0.558. The number of ether oxygens (including phenoxy) is 1. The predicted octanol–water partition coefficient (Wildman–Crippen LogP) is 2.17. The summed E-state index contributed by atoms with van der Waals surface area (Å²) in [4.78, 5) is 33.8. The van der Waals surface area contributed by atoms with Gasteiger partial charge in [-0.1, -0.05) is 19.3 Å². The second-order valence-corrected chi connectivity index (χ2v) is 5.72. The lowest BCUT2D eigenvalue weighted by molar-refractivity contribution is -0.137. The number of anilines is 1. The van der Waals surface area contributed by atoms with Crippen molar-refractivity contribution in [2.75, 3.05) is 18.5 Å². The molecule has 0 aliphatic carbocycles. The highest BCUT2D eigenvalue weighted by molar-refractivity contribution is 5.99. The summed E-state index contributed by atoms with van der Waals surface area (Å²) in [5.41, 5.74) is 0.985. The van der Waals surface area contributed by atoms with Crippen molar-refractivity contribution in [2.45, 2.75) is 38.5 Å². The molecule has 1 aromatic carbocycles. The molecule has 7 nitrogen and oxygen atoms in total. The molecule has 1 heterocycles. The molecule has 0 bridgehead atoms. The number of amides is 2. The number of aliphatic carboxylic acids is 1. The van der Waals surface area contributed by atoms with Gasteiger partial charge in [-0.2, -0.15) is 0 Å². The van der Waals surface area contributed by atoms with Crippen molar-refractivity contribution in [2.24, 2.45) is 0 Å². The first-order valence-electron chi connectivity index (χ1n) is 8.13. The van der Waals surface area contributed by atoms with Gasteiger partial charge in [0.15, 0.2) is 6.61 Å². The first-order valence-corrected chi connectivity index (χ1v) is 8.13. The quantitative estimate of drug-likeness (QED) is 0.600. The average molecular weight is 334 g/mol. The Balaban J connectivity index is 1.67. The fourth-order valence-electron chi connectivity index (χ4n) is 2.46. The van der Waals surface area contributed by atoms with Gasteiger partial charge in [0.25, 0.3) is 11.8 Å². The predicted molar refractivity (Wildman–Crippen MR) is 88.2 cm³/mol. The largest absolute Gasteiger partial charge is 0.482 e. The summed E-state index contributed by atoms with van der Waals surface area (Å²) < 4.78 is 5.25. The Kier molecular flexibility index (Phi) is 6.60. The number of benzene rings is 1. The van der Waals surface area contributed by atoms with E-state index in [-0.39, 0.29) is 24.8 Å². The second-order valence-electron chi connectivity index (χ2n) is 5.72. The smallest absolute Gasteiger partial charge is 0.303 e. The van der Waals surface area contributed by atoms with Crippen LogP contribution in [0.5, 0.6) is 5.75 Å². The number of unbranched alkanes of at least 4 members (excludes halogenated alkanes) is 4. The molecular weight excluding hydrogens is 312 g/mol. The lowest BCUT2D eigenvalue weighted by atomic mass is 10.1. The number of rotatable bonds is 9.